The van der Waals surface area contributed by atoms with Gasteiger partial charge >= 0.3 is 5.97 Å². The first kappa shape index (κ1) is 16.3. The van der Waals surface area contributed by atoms with Crippen LogP contribution in [0.15, 0.2) is 11.6 Å². The van der Waals surface area contributed by atoms with Gasteiger partial charge < -0.3 is 16.6 Å². The highest BCUT2D eigenvalue weighted by atomic mass is 16.4. The van der Waals surface area contributed by atoms with Gasteiger partial charge in [-0.1, -0.05) is 18.9 Å². The molecule has 1 amide bonds. The zero-order valence-corrected chi connectivity index (χ0v) is 10.7. The van der Waals surface area contributed by atoms with Gasteiger partial charge in [0.05, 0.1) is 0 Å². The highest BCUT2D eigenvalue weighted by molar-refractivity contribution is 6.13. The van der Waals surface area contributed by atoms with Crippen molar-refractivity contribution in [3.8, 4) is 0 Å². The van der Waals surface area contributed by atoms with E-state index >= 15 is 0 Å². The Balaban J connectivity index is 4.99. The molecule has 0 radical (unpaired) electrons. The van der Waals surface area contributed by atoms with E-state index in [0.717, 1.165) is 12.0 Å². The molecule has 6 heteroatoms. The topological polar surface area (TPSA) is 123 Å². The fraction of sp³-hybridized carbons (Fsp3) is 0.583. The predicted octanol–water partition coefficient (Wildman–Crippen LogP) is 0.350. The van der Waals surface area contributed by atoms with E-state index < -0.39 is 23.2 Å². The van der Waals surface area contributed by atoms with Crippen LogP contribution in [-0.2, 0) is 14.4 Å². The second-order valence-corrected chi connectivity index (χ2v) is 4.35. The number of carbonyl (C=O) groups is 3. The lowest BCUT2D eigenvalue weighted by Gasteiger charge is -2.21. The van der Waals surface area contributed by atoms with Crippen molar-refractivity contribution in [3.05, 3.63) is 11.6 Å². The number of allylic oxidation sites excluding steroid dienone is 1. The Morgan fingerprint density at radius 1 is 1.28 bits per heavy atom. The quantitative estimate of drug-likeness (QED) is 0.427. The van der Waals surface area contributed by atoms with E-state index in [-0.39, 0.29) is 12.8 Å². The largest absolute Gasteiger partial charge is 0.480 e. The maximum absolute atomic E-state index is 11.9. The fourth-order valence-electron chi connectivity index (χ4n) is 1.47. The standard InChI is InChI=1S/C12H20N2O4/c1-3-4-8(2)7-9(15)12(14,11(17)18)6-5-10(13)16/h7H,3-6,14H2,1-2H3,(H2,13,16)(H,17,18)/t12-/m1/s1. The lowest BCUT2D eigenvalue weighted by molar-refractivity contribution is -0.147. The maximum atomic E-state index is 11.9. The van der Waals surface area contributed by atoms with E-state index in [0.29, 0.717) is 6.42 Å². The Labute approximate surface area is 106 Å². The van der Waals surface area contributed by atoms with Crippen LogP contribution < -0.4 is 11.5 Å². The summed E-state index contributed by atoms with van der Waals surface area (Å²) in [6, 6.07) is 0. The molecule has 0 unspecified atom stereocenters. The molecule has 1 atom stereocenters. The number of amides is 1. The molecule has 6 nitrogen and oxygen atoms in total. The van der Waals surface area contributed by atoms with E-state index in [1.807, 2.05) is 6.92 Å². The Morgan fingerprint density at radius 3 is 2.22 bits per heavy atom. The van der Waals surface area contributed by atoms with Crippen LogP contribution in [0.5, 0.6) is 0 Å². The summed E-state index contributed by atoms with van der Waals surface area (Å²) < 4.78 is 0. The summed E-state index contributed by atoms with van der Waals surface area (Å²) >= 11 is 0. The van der Waals surface area contributed by atoms with E-state index in [1.165, 1.54) is 6.08 Å². The highest BCUT2D eigenvalue weighted by Gasteiger charge is 2.40. The molecule has 0 aromatic heterocycles. The molecule has 0 saturated carbocycles. The number of carboxylic acids is 1. The maximum Gasteiger partial charge on any atom is 0.331 e. The van der Waals surface area contributed by atoms with E-state index in [9.17, 15) is 14.4 Å². The number of hydrogen-bond donors (Lipinski definition) is 3. The normalized spacial score (nSPS) is 14.9. The van der Waals surface area contributed by atoms with Crippen LogP contribution in [0.2, 0.25) is 0 Å². The molecule has 0 bridgehead atoms. The molecule has 0 rings (SSSR count). The van der Waals surface area contributed by atoms with Crippen molar-refractivity contribution in [1.82, 2.24) is 0 Å². The first-order valence-electron chi connectivity index (χ1n) is 5.76. The molecule has 0 fully saturated rings. The number of nitrogens with two attached hydrogens (primary N) is 2. The molecule has 0 spiro atoms. The van der Waals surface area contributed by atoms with Crippen molar-refractivity contribution >= 4 is 17.7 Å². The van der Waals surface area contributed by atoms with E-state index in [2.05, 4.69) is 0 Å². The number of rotatable bonds is 8. The lowest BCUT2D eigenvalue weighted by Crippen LogP contribution is -2.54. The van der Waals surface area contributed by atoms with Gasteiger partial charge in [0.2, 0.25) is 5.91 Å². The third-order valence-corrected chi connectivity index (χ3v) is 2.61. The van der Waals surface area contributed by atoms with Crippen LogP contribution in [0.3, 0.4) is 0 Å². The van der Waals surface area contributed by atoms with Crippen molar-refractivity contribution in [2.75, 3.05) is 0 Å². The SMILES string of the molecule is CCCC(C)=CC(=O)[C@](N)(CCC(N)=O)C(=O)O. The zero-order valence-electron chi connectivity index (χ0n) is 10.7. The van der Waals surface area contributed by atoms with E-state index in [4.69, 9.17) is 16.6 Å². The van der Waals surface area contributed by atoms with Crippen LogP contribution in [0, 0.1) is 0 Å². The Hall–Kier alpha value is -1.69. The molecule has 102 valence electrons. The minimum absolute atomic E-state index is 0.241. The number of hydrogen-bond acceptors (Lipinski definition) is 4. The highest BCUT2D eigenvalue weighted by Crippen LogP contribution is 2.15. The number of primary amides is 1. The monoisotopic (exact) mass is 256 g/mol. The second-order valence-electron chi connectivity index (χ2n) is 4.35. The van der Waals surface area contributed by atoms with Gasteiger partial charge in [0, 0.05) is 6.42 Å². The van der Waals surface area contributed by atoms with Crippen molar-refractivity contribution in [2.45, 2.75) is 45.1 Å². The summed E-state index contributed by atoms with van der Waals surface area (Å²) in [7, 11) is 0. The van der Waals surface area contributed by atoms with Gasteiger partial charge in [0.25, 0.3) is 0 Å². The number of carbonyl (C=O) groups excluding carboxylic acids is 2. The third-order valence-electron chi connectivity index (χ3n) is 2.61. The number of ketones is 1. The summed E-state index contributed by atoms with van der Waals surface area (Å²) in [4.78, 5) is 33.6. The van der Waals surface area contributed by atoms with Gasteiger partial charge in [-0.3, -0.25) is 9.59 Å². The van der Waals surface area contributed by atoms with Crippen LogP contribution in [0.1, 0.15) is 39.5 Å². The summed E-state index contributed by atoms with van der Waals surface area (Å²) in [5.41, 5.74) is 9.19. The first-order valence-corrected chi connectivity index (χ1v) is 5.76. The van der Waals surface area contributed by atoms with Crippen molar-refractivity contribution < 1.29 is 19.5 Å². The Bertz CT molecular complexity index is 376. The van der Waals surface area contributed by atoms with Gasteiger partial charge in [0.1, 0.15) is 0 Å². The molecule has 0 aromatic rings. The fourth-order valence-corrected chi connectivity index (χ4v) is 1.47. The van der Waals surface area contributed by atoms with Crippen LogP contribution >= 0.6 is 0 Å². The molecule has 0 saturated heterocycles. The van der Waals surface area contributed by atoms with Gasteiger partial charge in [-0.25, -0.2) is 4.79 Å². The molecular formula is C12H20N2O4. The zero-order chi connectivity index (χ0) is 14.3. The van der Waals surface area contributed by atoms with Crippen molar-refractivity contribution in [1.29, 1.82) is 0 Å². The van der Waals surface area contributed by atoms with Gasteiger partial charge in [-0.05, 0) is 25.8 Å². The predicted molar refractivity (Wildman–Crippen MR) is 66.7 cm³/mol. The van der Waals surface area contributed by atoms with Gasteiger partial charge in [-0.2, -0.15) is 0 Å². The van der Waals surface area contributed by atoms with Gasteiger partial charge in [0.15, 0.2) is 11.3 Å². The smallest absolute Gasteiger partial charge is 0.331 e. The molecule has 0 heterocycles. The lowest BCUT2D eigenvalue weighted by atomic mass is 9.88. The van der Waals surface area contributed by atoms with Crippen LogP contribution in [0.25, 0.3) is 0 Å². The average molecular weight is 256 g/mol. The first-order chi connectivity index (χ1) is 8.24. The summed E-state index contributed by atoms with van der Waals surface area (Å²) in [6.45, 7) is 3.68. The second kappa shape index (κ2) is 6.90. The molecular weight excluding hydrogens is 236 g/mol. The summed E-state index contributed by atoms with van der Waals surface area (Å²) in [5, 5.41) is 9.03. The summed E-state index contributed by atoms with van der Waals surface area (Å²) in [5.74, 6) is -2.84. The molecule has 0 aliphatic heterocycles. The molecule has 0 aromatic carbocycles. The number of aliphatic carboxylic acids is 1. The van der Waals surface area contributed by atoms with E-state index in [1.54, 1.807) is 6.92 Å². The average Bonchev–Trinajstić information content (AvgIpc) is 2.25. The molecule has 18 heavy (non-hydrogen) atoms. The third kappa shape index (κ3) is 4.67. The Morgan fingerprint density at radius 2 is 1.83 bits per heavy atom. The van der Waals surface area contributed by atoms with Crippen molar-refractivity contribution in [3.63, 3.8) is 0 Å². The number of carboxylic acid groups (broad SMARTS) is 1. The Kier molecular flexibility index (Phi) is 6.26. The van der Waals surface area contributed by atoms with Gasteiger partial charge in [-0.15, -0.1) is 0 Å². The molecule has 5 N–H and O–H groups in total. The molecule has 0 aliphatic rings. The minimum Gasteiger partial charge on any atom is -0.480 e. The van der Waals surface area contributed by atoms with Crippen LogP contribution in [-0.4, -0.2) is 28.3 Å². The van der Waals surface area contributed by atoms with Crippen LogP contribution in [0.4, 0.5) is 0 Å². The van der Waals surface area contributed by atoms with Crippen molar-refractivity contribution in [2.24, 2.45) is 11.5 Å². The summed E-state index contributed by atoms with van der Waals surface area (Å²) in [6.07, 6.45) is 2.24. The molecule has 0 aliphatic carbocycles. The minimum atomic E-state index is -2.08.